The third-order valence-corrected chi connectivity index (χ3v) is 15.6. The quantitative estimate of drug-likeness (QED) is 0.361. The van der Waals surface area contributed by atoms with Crippen LogP contribution in [0.2, 0.25) is 5.02 Å². The summed E-state index contributed by atoms with van der Waals surface area (Å²) >= 11 is 6.51. The molecule has 302 valence electrons. The zero-order chi connectivity index (χ0) is 39.0. The van der Waals surface area contributed by atoms with Crippen LogP contribution in [0.4, 0.5) is 5.69 Å². The summed E-state index contributed by atoms with van der Waals surface area (Å²) < 4.78 is 54.2. The summed E-state index contributed by atoms with van der Waals surface area (Å²) in [6.07, 6.45) is 9.86. The lowest BCUT2D eigenvalue weighted by molar-refractivity contribution is -0.113. The number of ether oxygens (including phenoxy) is 4. The van der Waals surface area contributed by atoms with E-state index in [0.29, 0.717) is 43.4 Å². The predicted molar refractivity (Wildman–Crippen MR) is 216 cm³/mol. The minimum atomic E-state index is -3.97. The van der Waals surface area contributed by atoms with Gasteiger partial charge < -0.3 is 23.8 Å². The molecule has 0 aromatic heterocycles. The molecule has 2 aromatic rings. The average Bonchev–Trinajstić information content (AvgIpc) is 3.31. The molecule has 2 fully saturated rings. The van der Waals surface area contributed by atoms with Crippen molar-refractivity contribution in [3.05, 3.63) is 70.3 Å². The van der Waals surface area contributed by atoms with Crippen LogP contribution in [-0.4, -0.2) is 122 Å². The molecule has 0 radical (unpaired) electrons. The number of amides is 1. The van der Waals surface area contributed by atoms with E-state index < -0.39 is 26.8 Å². The number of nitrogens with one attached hydrogen (secondary N) is 1. The first-order valence-electron chi connectivity index (χ1n) is 20.0. The fraction of sp³-hybridized carbons (Fsp3) is 0.643. The van der Waals surface area contributed by atoms with Gasteiger partial charge in [0, 0.05) is 83.1 Å². The third-order valence-electron chi connectivity index (χ3n) is 13.5. The van der Waals surface area contributed by atoms with E-state index in [1.807, 2.05) is 32.2 Å². The summed E-state index contributed by atoms with van der Waals surface area (Å²) in [5.41, 5.74) is 2.79. The average molecular weight is 799 g/mol. The van der Waals surface area contributed by atoms with Crippen LogP contribution in [0, 0.1) is 17.8 Å². The second-order valence-electron chi connectivity index (χ2n) is 16.6. The topological polar surface area (TPSA) is 110 Å². The number of methoxy groups -OCH3 is 3. The molecule has 1 saturated carbocycles. The molecule has 2 aromatic carbocycles. The molecule has 1 spiro atoms. The number of carbonyl (C=O) groups excluding carboxylic acids is 1. The van der Waals surface area contributed by atoms with Crippen LogP contribution in [0.5, 0.6) is 5.75 Å². The summed E-state index contributed by atoms with van der Waals surface area (Å²) in [7, 11) is 1.30. The van der Waals surface area contributed by atoms with Crippen LogP contribution in [0.1, 0.15) is 67.4 Å². The molecule has 11 nitrogen and oxygen atoms in total. The Morgan fingerprint density at radius 2 is 1.85 bits per heavy atom. The van der Waals surface area contributed by atoms with Gasteiger partial charge in [-0.15, -0.1) is 0 Å². The Hall–Kier alpha value is -2.71. The lowest BCUT2D eigenvalue weighted by Crippen LogP contribution is -2.60. The van der Waals surface area contributed by atoms with Crippen molar-refractivity contribution in [1.29, 1.82) is 0 Å². The number of anilines is 1. The highest BCUT2D eigenvalue weighted by atomic mass is 35.5. The highest BCUT2D eigenvalue weighted by Gasteiger charge is 2.50. The van der Waals surface area contributed by atoms with Gasteiger partial charge in [-0.3, -0.25) is 14.6 Å². The van der Waals surface area contributed by atoms with E-state index >= 15 is 0 Å². The lowest BCUT2D eigenvalue weighted by Gasteiger charge is -2.52. The normalized spacial score (nSPS) is 32.6. The van der Waals surface area contributed by atoms with E-state index in [2.05, 4.69) is 43.7 Å². The highest BCUT2D eigenvalue weighted by Crippen LogP contribution is 2.49. The van der Waals surface area contributed by atoms with E-state index in [1.165, 1.54) is 11.1 Å². The minimum Gasteiger partial charge on any atom is -0.490 e. The van der Waals surface area contributed by atoms with Crippen LogP contribution >= 0.6 is 11.6 Å². The molecule has 1 unspecified atom stereocenters. The Morgan fingerprint density at radius 3 is 2.56 bits per heavy atom. The first-order chi connectivity index (χ1) is 26.4. The second kappa shape index (κ2) is 16.6. The van der Waals surface area contributed by atoms with Gasteiger partial charge in [-0.1, -0.05) is 36.7 Å². The maximum Gasteiger partial charge on any atom is 0.264 e. The fourth-order valence-corrected chi connectivity index (χ4v) is 11.3. The third kappa shape index (κ3) is 8.20. The van der Waals surface area contributed by atoms with E-state index in [1.54, 1.807) is 27.2 Å². The molecule has 3 heterocycles. The Bertz CT molecular complexity index is 1840. The number of hydrogen-bond donors (Lipinski definition) is 1. The van der Waals surface area contributed by atoms with Crippen molar-refractivity contribution < 1.29 is 32.2 Å². The molecule has 5 aliphatic rings. The van der Waals surface area contributed by atoms with Crippen LogP contribution in [0.3, 0.4) is 0 Å². The number of fused-ring (bicyclic) bond motifs is 4. The molecule has 13 heteroatoms. The fourth-order valence-electron chi connectivity index (χ4n) is 9.83. The van der Waals surface area contributed by atoms with Crippen LogP contribution in [-0.2, 0) is 36.1 Å². The van der Waals surface area contributed by atoms with Crippen molar-refractivity contribution >= 4 is 33.2 Å². The van der Waals surface area contributed by atoms with Crippen molar-refractivity contribution in [3.8, 4) is 5.75 Å². The van der Waals surface area contributed by atoms with Gasteiger partial charge >= 0.3 is 0 Å². The first-order valence-corrected chi connectivity index (χ1v) is 21.9. The van der Waals surface area contributed by atoms with Gasteiger partial charge in [-0.2, -0.15) is 0 Å². The molecule has 7 rings (SSSR count). The maximum atomic E-state index is 13.7. The van der Waals surface area contributed by atoms with E-state index in [0.717, 1.165) is 82.1 Å². The first kappa shape index (κ1) is 40.5. The Labute approximate surface area is 332 Å². The summed E-state index contributed by atoms with van der Waals surface area (Å²) in [5.74, 6) is 0.375. The molecular weight excluding hydrogens is 740 g/mol. The van der Waals surface area contributed by atoms with Crippen molar-refractivity contribution in [2.24, 2.45) is 17.8 Å². The van der Waals surface area contributed by atoms with Gasteiger partial charge in [0.15, 0.2) is 0 Å². The number of allylic oxidation sites excluding steroid dienone is 1. The van der Waals surface area contributed by atoms with Gasteiger partial charge in [0.05, 0.1) is 24.2 Å². The van der Waals surface area contributed by atoms with E-state index in [4.69, 9.17) is 30.5 Å². The van der Waals surface area contributed by atoms with E-state index in [-0.39, 0.29) is 23.5 Å². The Kier molecular flexibility index (Phi) is 12.2. The molecule has 3 aliphatic heterocycles. The SMILES string of the molecule is COCC(OC)N1CCN(C[C@]2(OC)/C=C/C[C@H](C)[C@@H](C)S(=O)(=O)NC(=O)c3ccc4c(c3)N(C[C@@H]3CC[C@H]32)C[C@@]2(CCCc3cc(Cl)ccc32)CO4)CC1. The maximum absolute atomic E-state index is 13.7. The second-order valence-corrected chi connectivity index (χ2v) is 19.1. The number of benzene rings is 2. The Morgan fingerprint density at radius 1 is 1.05 bits per heavy atom. The monoisotopic (exact) mass is 798 g/mol. The smallest absolute Gasteiger partial charge is 0.264 e. The number of carbonyl (C=O) groups is 1. The minimum absolute atomic E-state index is 0.0796. The zero-order valence-electron chi connectivity index (χ0n) is 33.1. The highest BCUT2D eigenvalue weighted by molar-refractivity contribution is 7.90. The molecule has 55 heavy (non-hydrogen) atoms. The number of halogens is 1. The standard InChI is InChI=1S/C42H59ClN4O7S/c1-29-8-6-17-42(53-5,27-45-18-20-46(21-19-45)39(52-4)25-51-3)36-13-10-33(36)24-47-26-41(16-7-9-31-22-34(43)12-14-35(31)41)28-54-38-15-11-32(23-37(38)47)40(48)44-55(49,50)30(29)2/h6,11-12,14-15,17,22-23,29-30,33,36,39H,7-10,13,16,18-21,24-28H2,1-5H3,(H,44,48)/b17-6+/t29-,30+,33-,36+,39?,41-,42+/m0/s1. The van der Waals surface area contributed by atoms with Gasteiger partial charge in [0.2, 0.25) is 10.0 Å². The summed E-state index contributed by atoms with van der Waals surface area (Å²) in [4.78, 5) is 20.9. The Balaban J connectivity index is 1.26. The molecule has 2 bridgehead atoms. The van der Waals surface area contributed by atoms with Crippen LogP contribution < -0.4 is 14.4 Å². The number of aryl methyl sites for hydroxylation is 1. The molecule has 1 amide bonds. The summed E-state index contributed by atoms with van der Waals surface area (Å²) in [5, 5.41) is -0.0548. The number of piperazine rings is 1. The van der Waals surface area contributed by atoms with Crippen molar-refractivity contribution in [2.45, 2.75) is 74.9 Å². The predicted octanol–water partition coefficient (Wildman–Crippen LogP) is 5.51. The van der Waals surface area contributed by atoms with Crippen molar-refractivity contribution in [1.82, 2.24) is 14.5 Å². The summed E-state index contributed by atoms with van der Waals surface area (Å²) in [6, 6.07) is 11.6. The molecular formula is C42H59ClN4O7S. The molecule has 1 N–H and O–H groups in total. The number of nitrogens with zero attached hydrogens (tertiary/aromatic N) is 3. The molecule has 7 atom stereocenters. The van der Waals surface area contributed by atoms with Gasteiger partial charge in [0.25, 0.3) is 5.91 Å². The zero-order valence-corrected chi connectivity index (χ0v) is 34.7. The lowest BCUT2D eigenvalue weighted by atomic mass is 9.63. The van der Waals surface area contributed by atoms with Crippen molar-refractivity contribution in [3.63, 3.8) is 0 Å². The number of rotatable bonds is 7. The van der Waals surface area contributed by atoms with Gasteiger partial charge in [0.1, 0.15) is 17.6 Å². The van der Waals surface area contributed by atoms with Crippen molar-refractivity contribution in [2.75, 3.05) is 85.3 Å². The number of sulfonamides is 1. The van der Waals surface area contributed by atoms with Gasteiger partial charge in [-0.25, -0.2) is 13.1 Å². The molecule has 2 aliphatic carbocycles. The van der Waals surface area contributed by atoms with Crippen LogP contribution in [0.25, 0.3) is 0 Å². The van der Waals surface area contributed by atoms with Gasteiger partial charge in [-0.05, 0) is 105 Å². The molecule has 1 saturated heterocycles. The summed E-state index contributed by atoms with van der Waals surface area (Å²) in [6.45, 7) is 10.3. The van der Waals surface area contributed by atoms with E-state index in [9.17, 15) is 13.2 Å². The largest absolute Gasteiger partial charge is 0.490 e. The van der Waals surface area contributed by atoms with Crippen LogP contribution in [0.15, 0.2) is 48.6 Å². The number of hydrogen-bond acceptors (Lipinski definition) is 10.